The van der Waals surface area contributed by atoms with Gasteiger partial charge in [-0.05, 0) is 19.1 Å². The summed E-state index contributed by atoms with van der Waals surface area (Å²) in [5.74, 6) is -0.0292. The number of benzene rings is 1. The number of fused-ring (bicyclic) bond motifs is 1. The molecule has 1 aromatic heterocycles. The lowest BCUT2D eigenvalue weighted by molar-refractivity contribution is 0.191. The molecule has 0 aliphatic carbocycles. The zero-order chi connectivity index (χ0) is 8.72. The normalized spacial score (nSPS) is 10.8. The van der Waals surface area contributed by atoms with Crippen LogP contribution in [-0.2, 0) is 0 Å². The van der Waals surface area contributed by atoms with Gasteiger partial charge in [0.15, 0.2) is 5.82 Å². The highest BCUT2D eigenvalue weighted by Gasteiger charge is 2.08. The Morgan fingerprint density at radius 2 is 2.25 bits per heavy atom. The second-order valence-electron chi connectivity index (χ2n) is 2.58. The van der Waals surface area contributed by atoms with E-state index < -0.39 is 5.82 Å². The van der Waals surface area contributed by atoms with Crippen LogP contribution < -0.4 is 0 Å². The average Bonchev–Trinajstić information content (AvgIpc) is 2.32. The Morgan fingerprint density at radius 3 is 2.92 bits per heavy atom. The summed E-state index contributed by atoms with van der Waals surface area (Å²) in [6.07, 6.45) is 0. The van der Waals surface area contributed by atoms with Gasteiger partial charge in [-0.1, -0.05) is 6.07 Å². The Balaban J connectivity index is 2.95. The highest BCUT2D eigenvalue weighted by molar-refractivity contribution is 5.76. The van der Waals surface area contributed by atoms with Crippen LogP contribution in [0.15, 0.2) is 18.2 Å². The van der Waals surface area contributed by atoms with Crippen LogP contribution in [0.25, 0.3) is 11.0 Å². The van der Waals surface area contributed by atoms with E-state index in [9.17, 15) is 9.60 Å². The molecule has 0 aliphatic rings. The molecule has 2 aromatic rings. The van der Waals surface area contributed by atoms with E-state index in [1.807, 2.05) is 0 Å². The van der Waals surface area contributed by atoms with Crippen LogP contribution in [0.5, 0.6) is 0 Å². The summed E-state index contributed by atoms with van der Waals surface area (Å²) in [7, 11) is 0. The summed E-state index contributed by atoms with van der Waals surface area (Å²) in [6, 6.07) is 4.46. The number of rotatable bonds is 0. The van der Waals surface area contributed by atoms with E-state index in [0.717, 1.165) is 4.73 Å². The zero-order valence-electron chi connectivity index (χ0n) is 6.45. The quantitative estimate of drug-likeness (QED) is 0.605. The zero-order valence-corrected chi connectivity index (χ0v) is 6.45. The number of imidazole rings is 1. The minimum Gasteiger partial charge on any atom is -0.427 e. The molecule has 0 radical (unpaired) electrons. The summed E-state index contributed by atoms with van der Waals surface area (Å²) in [4.78, 5) is 3.85. The van der Waals surface area contributed by atoms with Gasteiger partial charge in [0.2, 0.25) is 0 Å². The lowest BCUT2D eigenvalue weighted by Crippen LogP contribution is -1.91. The first kappa shape index (κ1) is 7.09. The molecule has 0 amide bonds. The predicted octanol–water partition coefficient (Wildman–Crippen LogP) is 1.72. The fourth-order valence-electron chi connectivity index (χ4n) is 1.17. The van der Waals surface area contributed by atoms with Gasteiger partial charge in [0.25, 0.3) is 0 Å². The van der Waals surface area contributed by atoms with Crippen molar-refractivity contribution in [3.63, 3.8) is 0 Å². The van der Waals surface area contributed by atoms with Crippen molar-refractivity contribution < 1.29 is 9.60 Å². The van der Waals surface area contributed by atoms with Crippen molar-refractivity contribution in [1.82, 2.24) is 9.71 Å². The van der Waals surface area contributed by atoms with Gasteiger partial charge >= 0.3 is 0 Å². The largest absolute Gasteiger partial charge is 0.427 e. The van der Waals surface area contributed by atoms with Crippen molar-refractivity contribution >= 4 is 11.0 Å². The number of para-hydroxylation sites is 1. The van der Waals surface area contributed by atoms with Crippen LogP contribution in [0.2, 0.25) is 0 Å². The molecular weight excluding hydrogens is 159 g/mol. The number of aromatic nitrogens is 2. The first-order valence-electron chi connectivity index (χ1n) is 3.53. The molecule has 0 aliphatic heterocycles. The van der Waals surface area contributed by atoms with Crippen molar-refractivity contribution in [3.05, 3.63) is 29.8 Å². The van der Waals surface area contributed by atoms with Crippen LogP contribution >= 0.6 is 0 Å². The van der Waals surface area contributed by atoms with Gasteiger partial charge in [-0.3, -0.25) is 0 Å². The lowest BCUT2D eigenvalue weighted by Gasteiger charge is -1.93. The van der Waals surface area contributed by atoms with Gasteiger partial charge in [-0.2, -0.15) is 4.73 Å². The molecule has 0 atom stereocenters. The Labute approximate surface area is 68.0 Å². The van der Waals surface area contributed by atoms with Crippen molar-refractivity contribution in [2.75, 3.05) is 0 Å². The minimum atomic E-state index is -0.414. The SMILES string of the molecule is Cc1nc2c(F)cccc2n1O. The molecule has 3 nitrogen and oxygen atoms in total. The first-order chi connectivity index (χ1) is 5.70. The molecule has 2 rings (SSSR count). The lowest BCUT2D eigenvalue weighted by atomic mass is 10.3. The summed E-state index contributed by atoms with van der Waals surface area (Å²) in [6.45, 7) is 1.61. The maximum Gasteiger partial charge on any atom is 0.151 e. The van der Waals surface area contributed by atoms with E-state index in [2.05, 4.69) is 4.98 Å². The van der Waals surface area contributed by atoms with E-state index in [4.69, 9.17) is 0 Å². The summed E-state index contributed by atoms with van der Waals surface area (Å²) < 4.78 is 13.9. The molecule has 62 valence electrons. The molecule has 0 saturated carbocycles. The highest BCUT2D eigenvalue weighted by Crippen LogP contribution is 2.16. The van der Waals surface area contributed by atoms with Crippen LogP contribution in [0, 0.1) is 12.7 Å². The minimum absolute atomic E-state index is 0.206. The fourth-order valence-corrected chi connectivity index (χ4v) is 1.17. The third-order valence-electron chi connectivity index (χ3n) is 1.77. The number of hydrogen-bond donors (Lipinski definition) is 1. The highest BCUT2D eigenvalue weighted by atomic mass is 19.1. The van der Waals surface area contributed by atoms with E-state index in [-0.39, 0.29) is 5.52 Å². The van der Waals surface area contributed by atoms with Gasteiger partial charge < -0.3 is 5.21 Å². The fraction of sp³-hybridized carbons (Fsp3) is 0.125. The second kappa shape index (κ2) is 2.20. The summed E-state index contributed by atoms with van der Waals surface area (Å²) in [5, 5.41) is 9.31. The molecular formula is C8H7FN2O. The molecule has 0 bridgehead atoms. The van der Waals surface area contributed by atoms with Gasteiger partial charge in [-0.15, -0.1) is 0 Å². The molecule has 0 unspecified atom stereocenters. The molecule has 1 aromatic carbocycles. The topological polar surface area (TPSA) is 38.0 Å². The van der Waals surface area contributed by atoms with E-state index in [1.165, 1.54) is 12.1 Å². The van der Waals surface area contributed by atoms with Gasteiger partial charge in [-0.25, -0.2) is 9.37 Å². The number of halogens is 1. The van der Waals surface area contributed by atoms with E-state index in [1.54, 1.807) is 13.0 Å². The smallest absolute Gasteiger partial charge is 0.151 e. The standard InChI is InChI=1S/C8H7FN2O/c1-5-10-8-6(9)3-2-4-7(8)11(5)12/h2-4,12H,1H3. The molecule has 1 heterocycles. The molecule has 0 fully saturated rings. The number of aryl methyl sites for hydroxylation is 1. The number of nitrogens with zero attached hydrogens (tertiary/aromatic N) is 2. The maximum absolute atomic E-state index is 13.0. The van der Waals surface area contributed by atoms with Crippen LogP contribution in [0.4, 0.5) is 4.39 Å². The summed E-state index contributed by atoms with van der Waals surface area (Å²) in [5.41, 5.74) is 0.602. The molecule has 1 N–H and O–H groups in total. The third kappa shape index (κ3) is 0.777. The van der Waals surface area contributed by atoms with Crippen molar-refractivity contribution in [2.45, 2.75) is 6.92 Å². The molecule has 12 heavy (non-hydrogen) atoms. The van der Waals surface area contributed by atoms with Crippen molar-refractivity contribution in [1.29, 1.82) is 0 Å². The van der Waals surface area contributed by atoms with E-state index >= 15 is 0 Å². The molecule has 4 heteroatoms. The summed E-state index contributed by atoms with van der Waals surface area (Å²) >= 11 is 0. The maximum atomic E-state index is 13.0. The van der Waals surface area contributed by atoms with Gasteiger partial charge in [0.1, 0.15) is 16.9 Å². The van der Waals surface area contributed by atoms with Crippen molar-refractivity contribution in [2.24, 2.45) is 0 Å². The predicted molar refractivity (Wildman–Crippen MR) is 41.6 cm³/mol. The Hall–Kier alpha value is -1.58. The van der Waals surface area contributed by atoms with Crippen LogP contribution in [-0.4, -0.2) is 14.9 Å². The molecule has 0 spiro atoms. The average molecular weight is 166 g/mol. The van der Waals surface area contributed by atoms with Crippen LogP contribution in [0.1, 0.15) is 5.82 Å². The van der Waals surface area contributed by atoms with Gasteiger partial charge in [0, 0.05) is 0 Å². The third-order valence-corrected chi connectivity index (χ3v) is 1.77. The van der Waals surface area contributed by atoms with Crippen molar-refractivity contribution in [3.8, 4) is 0 Å². The Kier molecular flexibility index (Phi) is 1.30. The van der Waals surface area contributed by atoms with Crippen LogP contribution in [0.3, 0.4) is 0 Å². The Morgan fingerprint density at radius 1 is 1.50 bits per heavy atom. The Bertz CT molecular complexity index is 436. The molecule has 0 saturated heterocycles. The monoisotopic (exact) mass is 166 g/mol. The van der Waals surface area contributed by atoms with Gasteiger partial charge in [0.05, 0.1) is 0 Å². The number of hydrogen-bond acceptors (Lipinski definition) is 2. The second-order valence-corrected chi connectivity index (χ2v) is 2.58. The first-order valence-corrected chi connectivity index (χ1v) is 3.53. The van der Waals surface area contributed by atoms with E-state index in [0.29, 0.717) is 11.3 Å².